The van der Waals surface area contributed by atoms with Crippen molar-refractivity contribution in [3.63, 3.8) is 0 Å². The minimum absolute atomic E-state index is 0.249. The van der Waals surface area contributed by atoms with E-state index >= 15 is 0 Å². The van der Waals surface area contributed by atoms with E-state index in [1.165, 1.54) is 0 Å². The molecule has 1 N–H and O–H groups in total. The van der Waals surface area contributed by atoms with Crippen LogP contribution in [0, 0.1) is 0 Å². The summed E-state index contributed by atoms with van der Waals surface area (Å²) >= 11 is 0. The van der Waals surface area contributed by atoms with Crippen LogP contribution in [0.15, 0.2) is 69.7 Å². The molecule has 22 heavy (non-hydrogen) atoms. The largest absolute Gasteiger partial charge is 0.467 e. The number of allylic oxidation sites excluding steroid dienone is 1. The summed E-state index contributed by atoms with van der Waals surface area (Å²) in [6.45, 7) is 3.98. The topological polar surface area (TPSA) is 59.3 Å². The fraction of sp³-hybridized carbons (Fsp3) is 0.294. The van der Waals surface area contributed by atoms with E-state index in [2.05, 4.69) is 11.6 Å². The monoisotopic (exact) mass is 319 g/mol. The summed E-state index contributed by atoms with van der Waals surface area (Å²) in [4.78, 5) is 0.249. The third kappa shape index (κ3) is 3.87. The molecule has 1 aromatic heterocycles. The second-order valence-electron chi connectivity index (χ2n) is 5.00. The van der Waals surface area contributed by atoms with E-state index in [1.54, 1.807) is 48.7 Å². The molecule has 0 saturated carbocycles. The zero-order valence-electron chi connectivity index (χ0n) is 12.8. The summed E-state index contributed by atoms with van der Waals surface area (Å²) in [6, 6.07) is 11.4. The van der Waals surface area contributed by atoms with Crippen molar-refractivity contribution in [2.24, 2.45) is 0 Å². The van der Waals surface area contributed by atoms with Gasteiger partial charge in [-0.3, -0.25) is 0 Å². The van der Waals surface area contributed by atoms with Crippen LogP contribution in [-0.2, 0) is 10.0 Å². The predicted molar refractivity (Wildman–Crippen MR) is 86.9 cm³/mol. The lowest BCUT2D eigenvalue weighted by molar-refractivity contribution is 0.462. The highest BCUT2D eigenvalue weighted by atomic mass is 32.2. The van der Waals surface area contributed by atoms with Crippen LogP contribution in [0.3, 0.4) is 0 Å². The average Bonchev–Trinajstić information content (AvgIpc) is 3.06. The lowest BCUT2D eigenvalue weighted by atomic mass is 10.0. The lowest BCUT2D eigenvalue weighted by Gasteiger charge is -2.20. The van der Waals surface area contributed by atoms with Crippen LogP contribution in [0.4, 0.5) is 0 Å². The molecular formula is C17H21NO3S. The van der Waals surface area contributed by atoms with Crippen LogP contribution in [0.2, 0.25) is 0 Å². The number of hydrogen-bond donors (Lipinski definition) is 1. The molecule has 0 saturated heterocycles. The van der Waals surface area contributed by atoms with Gasteiger partial charge in [0.2, 0.25) is 10.0 Å². The van der Waals surface area contributed by atoms with E-state index in [0.29, 0.717) is 5.76 Å². The Morgan fingerprint density at radius 2 is 1.95 bits per heavy atom. The second-order valence-corrected chi connectivity index (χ2v) is 6.71. The first-order chi connectivity index (χ1) is 10.6. The highest BCUT2D eigenvalue weighted by Crippen LogP contribution is 2.27. The van der Waals surface area contributed by atoms with E-state index in [0.717, 1.165) is 18.4 Å². The van der Waals surface area contributed by atoms with Gasteiger partial charge in [0.15, 0.2) is 0 Å². The van der Waals surface area contributed by atoms with E-state index in [4.69, 9.17) is 4.42 Å². The van der Waals surface area contributed by atoms with Gasteiger partial charge in [0, 0.05) is 0 Å². The average molecular weight is 319 g/mol. The third-order valence-corrected chi connectivity index (χ3v) is 4.87. The van der Waals surface area contributed by atoms with Gasteiger partial charge < -0.3 is 4.42 Å². The number of nitrogens with one attached hydrogen (secondary N) is 1. The highest BCUT2D eigenvalue weighted by molar-refractivity contribution is 7.89. The number of furan rings is 1. The first-order valence-corrected chi connectivity index (χ1v) is 8.82. The van der Waals surface area contributed by atoms with E-state index in [9.17, 15) is 8.42 Å². The maximum absolute atomic E-state index is 12.6. The molecule has 0 spiro atoms. The Hall–Kier alpha value is -1.85. The maximum Gasteiger partial charge on any atom is 0.241 e. The van der Waals surface area contributed by atoms with Gasteiger partial charge in [0.05, 0.1) is 11.2 Å². The lowest BCUT2D eigenvalue weighted by Crippen LogP contribution is -2.29. The first-order valence-electron chi connectivity index (χ1n) is 7.34. The zero-order valence-corrected chi connectivity index (χ0v) is 13.6. The zero-order chi connectivity index (χ0) is 16.0. The molecule has 0 aliphatic heterocycles. The van der Waals surface area contributed by atoms with Gasteiger partial charge in [0.1, 0.15) is 11.8 Å². The van der Waals surface area contributed by atoms with Crippen LogP contribution < -0.4 is 4.72 Å². The van der Waals surface area contributed by atoms with Crippen LogP contribution in [-0.4, -0.2) is 8.42 Å². The number of hydrogen-bond acceptors (Lipinski definition) is 3. The molecule has 5 heteroatoms. The maximum atomic E-state index is 12.6. The third-order valence-electron chi connectivity index (χ3n) is 3.43. The van der Waals surface area contributed by atoms with Crippen molar-refractivity contribution < 1.29 is 12.8 Å². The predicted octanol–water partition coefficient (Wildman–Crippen LogP) is 4.05. The molecule has 118 valence electrons. The summed E-state index contributed by atoms with van der Waals surface area (Å²) in [5.41, 5.74) is 0.997. The minimum Gasteiger partial charge on any atom is -0.467 e. The molecule has 0 amide bonds. The Bertz CT molecular complexity index is 704. The van der Waals surface area contributed by atoms with Crippen molar-refractivity contribution in [1.82, 2.24) is 4.72 Å². The molecule has 0 aliphatic rings. The number of benzene rings is 1. The second kappa shape index (κ2) is 7.42. The smallest absolute Gasteiger partial charge is 0.241 e. The van der Waals surface area contributed by atoms with Crippen molar-refractivity contribution in [3.8, 4) is 0 Å². The summed E-state index contributed by atoms with van der Waals surface area (Å²) in [7, 11) is -3.61. The molecule has 2 rings (SSSR count). The Labute approximate surface area is 131 Å². The van der Waals surface area contributed by atoms with Gasteiger partial charge in [-0.15, -0.1) is 0 Å². The van der Waals surface area contributed by atoms with E-state index in [1.807, 2.05) is 13.0 Å². The molecule has 0 aliphatic carbocycles. The Morgan fingerprint density at radius 1 is 1.23 bits per heavy atom. The Balaban J connectivity index is 2.35. The number of rotatable bonds is 7. The Morgan fingerprint density at radius 3 is 2.50 bits per heavy atom. The standard InChI is InChI=1S/C17H21NO3S/c1-3-9-14(4-2)17(16-12-8-13-21-16)18-22(19,20)15-10-6-5-7-11-15/h4-8,10-13,17-18H,3,9H2,1-2H3/b14-4+/t17-/m0/s1. The van der Waals surface area contributed by atoms with Gasteiger partial charge in [-0.05, 0) is 43.2 Å². The van der Waals surface area contributed by atoms with Gasteiger partial charge >= 0.3 is 0 Å². The fourth-order valence-electron chi connectivity index (χ4n) is 2.34. The van der Waals surface area contributed by atoms with Crippen molar-refractivity contribution in [2.45, 2.75) is 37.6 Å². The molecule has 0 fully saturated rings. The van der Waals surface area contributed by atoms with Gasteiger partial charge in [-0.1, -0.05) is 37.6 Å². The van der Waals surface area contributed by atoms with Gasteiger partial charge in [-0.2, -0.15) is 4.72 Å². The van der Waals surface area contributed by atoms with Gasteiger partial charge in [-0.25, -0.2) is 8.42 Å². The van der Waals surface area contributed by atoms with Crippen molar-refractivity contribution in [3.05, 3.63) is 66.1 Å². The normalized spacial score (nSPS) is 14.0. The molecule has 1 atom stereocenters. The molecule has 1 heterocycles. The van der Waals surface area contributed by atoms with Crippen molar-refractivity contribution >= 4 is 10.0 Å². The molecule has 0 bridgehead atoms. The quantitative estimate of drug-likeness (QED) is 0.783. The molecule has 0 unspecified atom stereocenters. The Kier molecular flexibility index (Phi) is 5.57. The number of sulfonamides is 1. The summed E-state index contributed by atoms with van der Waals surface area (Å²) < 4.78 is 33.4. The first kappa shape index (κ1) is 16.5. The van der Waals surface area contributed by atoms with Crippen LogP contribution in [0.5, 0.6) is 0 Å². The van der Waals surface area contributed by atoms with E-state index in [-0.39, 0.29) is 4.90 Å². The summed E-state index contributed by atoms with van der Waals surface area (Å²) in [5, 5.41) is 0. The molecule has 1 aromatic carbocycles. The highest BCUT2D eigenvalue weighted by Gasteiger charge is 2.25. The molecular weight excluding hydrogens is 298 g/mol. The van der Waals surface area contributed by atoms with Crippen LogP contribution >= 0.6 is 0 Å². The van der Waals surface area contributed by atoms with E-state index < -0.39 is 16.1 Å². The molecule has 0 radical (unpaired) electrons. The minimum atomic E-state index is -3.61. The fourth-order valence-corrected chi connectivity index (χ4v) is 3.57. The van der Waals surface area contributed by atoms with Crippen LogP contribution in [0.1, 0.15) is 38.5 Å². The van der Waals surface area contributed by atoms with Crippen LogP contribution in [0.25, 0.3) is 0 Å². The molecule has 4 nitrogen and oxygen atoms in total. The SMILES string of the molecule is C/C=C(\CCC)[C@H](NS(=O)(=O)c1ccccc1)c1ccco1. The van der Waals surface area contributed by atoms with Gasteiger partial charge in [0.25, 0.3) is 0 Å². The van der Waals surface area contributed by atoms with Crippen molar-refractivity contribution in [2.75, 3.05) is 0 Å². The summed E-state index contributed by atoms with van der Waals surface area (Å²) in [6.07, 6.45) is 5.24. The summed E-state index contributed by atoms with van der Waals surface area (Å²) in [5.74, 6) is 0.598. The van der Waals surface area contributed by atoms with Crippen molar-refractivity contribution in [1.29, 1.82) is 0 Å². The molecule has 2 aromatic rings.